The van der Waals surface area contributed by atoms with Crippen LogP contribution in [0.25, 0.3) is 6.08 Å². The van der Waals surface area contributed by atoms with Crippen LogP contribution in [0.2, 0.25) is 0 Å². The Balaban J connectivity index is 2.71. The number of aliphatic carboxylic acids is 1. The van der Waals surface area contributed by atoms with Crippen molar-refractivity contribution in [3.05, 3.63) is 28.0 Å². The van der Waals surface area contributed by atoms with Gasteiger partial charge in [-0.15, -0.1) is 11.3 Å². The van der Waals surface area contributed by atoms with Gasteiger partial charge >= 0.3 is 5.97 Å². The molecule has 112 valence electrons. The normalized spacial score (nSPS) is 11.8. The zero-order valence-corrected chi connectivity index (χ0v) is 12.9. The Labute approximate surface area is 124 Å². The summed E-state index contributed by atoms with van der Waals surface area (Å²) >= 11 is 1.63. The molecular weight excluding hydrogens is 274 g/mol. The molecule has 1 aromatic rings. The second-order valence-corrected chi connectivity index (χ2v) is 5.68. The van der Waals surface area contributed by atoms with Gasteiger partial charge in [0, 0.05) is 30.1 Å². The van der Waals surface area contributed by atoms with E-state index in [4.69, 9.17) is 5.11 Å². The lowest BCUT2D eigenvalue weighted by Crippen LogP contribution is -2.35. The minimum Gasteiger partial charge on any atom is -0.478 e. The quantitative estimate of drug-likeness (QED) is 0.688. The van der Waals surface area contributed by atoms with Crippen LogP contribution >= 0.6 is 11.3 Å². The standard InChI is InChI=1S/C15H23NO3S/c1-3-13(4-2)16(7-8-17)10-14-9-12(11-20-14)5-6-15(18)19/h5-6,9,11,13,17H,3-4,7-8,10H2,1-2H3,(H,18,19). The van der Waals surface area contributed by atoms with Crippen molar-refractivity contribution < 1.29 is 15.0 Å². The summed E-state index contributed by atoms with van der Waals surface area (Å²) in [4.78, 5) is 14.0. The van der Waals surface area contributed by atoms with Gasteiger partial charge in [-0.25, -0.2) is 4.79 Å². The maximum absolute atomic E-state index is 10.5. The van der Waals surface area contributed by atoms with Gasteiger partial charge in [0.1, 0.15) is 0 Å². The molecular formula is C15H23NO3S. The van der Waals surface area contributed by atoms with Crippen molar-refractivity contribution in [1.29, 1.82) is 0 Å². The topological polar surface area (TPSA) is 60.8 Å². The highest BCUT2D eigenvalue weighted by Crippen LogP contribution is 2.20. The highest BCUT2D eigenvalue weighted by molar-refractivity contribution is 7.10. The highest BCUT2D eigenvalue weighted by atomic mass is 32.1. The van der Waals surface area contributed by atoms with E-state index in [1.165, 1.54) is 4.88 Å². The fourth-order valence-electron chi connectivity index (χ4n) is 2.26. The monoisotopic (exact) mass is 297 g/mol. The number of hydrogen-bond acceptors (Lipinski definition) is 4. The van der Waals surface area contributed by atoms with E-state index >= 15 is 0 Å². The number of carboxylic acids is 1. The minimum absolute atomic E-state index is 0.160. The molecule has 1 aromatic heterocycles. The fourth-order valence-corrected chi connectivity index (χ4v) is 3.14. The van der Waals surface area contributed by atoms with E-state index in [-0.39, 0.29) is 6.61 Å². The van der Waals surface area contributed by atoms with Crippen LogP contribution in [0.5, 0.6) is 0 Å². The van der Waals surface area contributed by atoms with Gasteiger partial charge in [0.25, 0.3) is 0 Å². The molecule has 0 bridgehead atoms. The van der Waals surface area contributed by atoms with Gasteiger partial charge in [-0.3, -0.25) is 4.90 Å². The smallest absolute Gasteiger partial charge is 0.328 e. The predicted molar refractivity (Wildman–Crippen MR) is 82.9 cm³/mol. The number of carboxylic acid groups (broad SMARTS) is 1. The summed E-state index contributed by atoms with van der Waals surface area (Å²) < 4.78 is 0. The van der Waals surface area contributed by atoms with Crippen LogP contribution in [-0.2, 0) is 11.3 Å². The number of aliphatic hydroxyl groups excluding tert-OH is 1. The zero-order valence-electron chi connectivity index (χ0n) is 12.1. The first-order valence-electron chi connectivity index (χ1n) is 6.94. The average Bonchev–Trinajstić information content (AvgIpc) is 2.86. The molecule has 0 aromatic carbocycles. The third-order valence-corrected chi connectivity index (χ3v) is 4.24. The van der Waals surface area contributed by atoms with Crippen LogP contribution in [0.3, 0.4) is 0 Å². The van der Waals surface area contributed by atoms with Crippen molar-refractivity contribution in [2.75, 3.05) is 13.2 Å². The first-order valence-corrected chi connectivity index (χ1v) is 7.82. The van der Waals surface area contributed by atoms with Gasteiger partial charge < -0.3 is 10.2 Å². The molecule has 0 aliphatic rings. The van der Waals surface area contributed by atoms with E-state index < -0.39 is 5.97 Å². The van der Waals surface area contributed by atoms with Gasteiger partial charge in [-0.05, 0) is 35.9 Å². The molecule has 0 aliphatic carbocycles. The maximum atomic E-state index is 10.5. The van der Waals surface area contributed by atoms with E-state index in [1.807, 2.05) is 11.4 Å². The fraction of sp³-hybridized carbons (Fsp3) is 0.533. The number of rotatable bonds is 9. The number of nitrogens with zero attached hydrogens (tertiary/aromatic N) is 1. The number of hydrogen-bond donors (Lipinski definition) is 2. The third-order valence-electron chi connectivity index (χ3n) is 3.30. The molecule has 0 spiro atoms. The predicted octanol–water partition coefficient (Wildman–Crippen LogP) is 2.83. The average molecular weight is 297 g/mol. The van der Waals surface area contributed by atoms with E-state index in [0.29, 0.717) is 12.6 Å². The van der Waals surface area contributed by atoms with E-state index in [9.17, 15) is 9.90 Å². The first-order chi connectivity index (χ1) is 9.60. The lowest BCUT2D eigenvalue weighted by Gasteiger charge is -2.29. The van der Waals surface area contributed by atoms with Crippen LogP contribution in [0.1, 0.15) is 37.1 Å². The Hall–Kier alpha value is -1.17. The van der Waals surface area contributed by atoms with E-state index in [0.717, 1.165) is 31.0 Å². The zero-order chi connectivity index (χ0) is 15.0. The second-order valence-electron chi connectivity index (χ2n) is 4.68. The Bertz CT molecular complexity index is 438. The first kappa shape index (κ1) is 16.9. The molecule has 5 heteroatoms. The Morgan fingerprint density at radius 1 is 1.45 bits per heavy atom. The van der Waals surface area contributed by atoms with Crippen molar-refractivity contribution >= 4 is 23.4 Å². The van der Waals surface area contributed by atoms with Crippen LogP contribution in [0, 0.1) is 0 Å². The molecule has 0 saturated heterocycles. The summed E-state index contributed by atoms with van der Waals surface area (Å²) in [7, 11) is 0. The lowest BCUT2D eigenvalue weighted by atomic mass is 10.1. The number of thiophene rings is 1. The SMILES string of the molecule is CCC(CC)N(CCO)Cc1cc(C=CC(=O)O)cs1. The summed E-state index contributed by atoms with van der Waals surface area (Å²) in [5, 5.41) is 19.8. The number of aliphatic hydroxyl groups is 1. The second kappa shape index (κ2) is 8.89. The molecule has 1 heterocycles. The van der Waals surface area contributed by atoms with Crippen molar-refractivity contribution in [2.45, 2.75) is 39.3 Å². The summed E-state index contributed by atoms with van der Waals surface area (Å²) in [6.07, 6.45) is 4.88. The van der Waals surface area contributed by atoms with Crippen LogP contribution in [0.15, 0.2) is 17.5 Å². The van der Waals surface area contributed by atoms with Gasteiger partial charge in [0.15, 0.2) is 0 Å². The summed E-state index contributed by atoms with van der Waals surface area (Å²) in [5.74, 6) is -0.934. The van der Waals surface area contributed by atoms with Crippen molar-refractivity contribution in [1.82, 2.24) is 4.90 Å². The van der Waals surface area contributed by atoms with Gasteiger partial charge in [0.2, 0.25) is 0 Å². The molecule has 2 N–H and O–H groups in total. The molecule has 0 saturated carbocycles. The Kier molecular flexibility index (Phi) is 7.51. The highest BCUT2D eigenvalue weighted by Gasteiger charge is 2.15. The molecule has 0 fully saturated rings. The van der Waals surface area contributed by atoms with Crippen LogP contribution < -0.4 is 0 Å². The Morgan fingerprint density at radius 3 is 2.70 bits per heavy atom. The van der Waals surface area contributed by atoms with Crippen LogP contribution in [-0.4, -0.2) is 40.3 Å². The molecule has 0 radical (unpaired) electrons. The molecule has 0 aliphatic heterocycles. The minimum atomic E-state index is -0.934. The van der Waals surface area contributed by atoms with Gasteiger partial charge in [0.05, 0.1) is 6.61 Å². The van der Waals surface area contributed by atoms with Crippen molar-refractivity contribution in [3.63, 3.8) is 0 Å². The molecule has 20 heavy (non-hydrogen) atoms. The summed E-state index contributed by atoms with van der Waals surface area (Å²) in [6, 6.07) is 2.49. The van der Waals surface area contributed by atoms with Crippen molar-refractivity contribution in [3.8, 4) is 0 Å². The van der Waals surface area contributed by atoms with E-state index in [1.54, 1.807) is 17.4 Å². The van der Waals surface area contributed by atoms with Crippen molar-refractivity contribution in [2.24, 2.45) is 0 Å². The molecule has 0 atom stereocenters. The molecule has 1 rings (SSSR count). The Morgan fingerprint density at radius 2 is 2.15 bits per heavy atom. The summed E-state index contributed by atoms with van der Waals surface area (Å²) in [5.41, 5.74) is 0.917. The third kappa shape index (κ3) is 5.45. The molecule has 4 nitrogen and oxygen atoms in total. The molecule has 0 amide bonds. The van der Waals surface area contributed by atoms with Gasteiger partial charge in [-0.2, -0.15) is 0 Å². The molecule has 0 unspecified atom stereocenters. The largest absolute Gasteiger partial charge is 0.478 e. The van der Waals surface area contributed by atoms with Gasteiger partial charge in [-0.1, -0.05) is 13.8 Å². The lowest BCUT2D eigenvalue weighted by molar-refractivity contribution is -0.131. The van der Waals surface area contributed by atoms with Crippen LogP contribution in [0.4, 0.5) is 0 Å². The number of carbonyl (C=O) groups is 1. The van der Waals surface area contributed by atoms with E-state index in [2.05, 4.69) is 18.7 Å². The summed E-state index contributed by atoms with van der Waals surface area (Å²) in [6.45, 7) is 5.96. The maximum Gasteiger partial charge on any atom is 0.328 e.